The van der Waals surface area contributed by atoms with Gasteiger partial charge in [-0.15, -0.1) is 0 Å². The lowest BCUT2D eigenvalue weighted by Gasteiger charge is -2.26. The van der Waals surface area contributed by atoms with Crippen molar-refractivity contribution in [3.05, 3.63) is 28.2 Å². The number of hydrogen-bond acceptors (Lipinski definition) is 2. The zero-order valence-electron chi connectivity index (χ0n) is 10.6. The third kappa shape index (κ3) is 2.66. The molecule has 0 spiro atoms. The number of nitrogens with zero attached hydrogens (tertiary/aromatic N) is 1. The summed E-state index contributed by atoms with van der Waals surface area (Å²) in [6.45, 7) is 5.47. The van der Waals surface area contributed by atoms with Gasteiger partial charge in [0.1, 0.15) is 0 Å². The molecule has 1 saturated heterocycles. The predicted octanol–water partition coefficient (Wildman–Crippen LogP) is 3.85. The standard InChI is InChI=1S/C14H21BrN2/c1-3-11-5-4-8-17(11)12-6-7-13(10(2)16)14(15)9-12/h6-7,9-11H,3-5,8,16H2,1-2H3/t10-,11?/m0/s1. The molecule has 1 aliphatic rings. The van der Waals surface area contributed by atoms with E-state index in [0.29, 0.717) is 6.04 Å². The minimum absolute atomic E-state index is 0.0824. The number of hydrogen-bond donors (Lipinski definition) is 1. The van der Waals surface area contributed by atoms with E-state index in [4.69, 9.17) is 5.73 Å². The minimum Gasteiger partial charge on any atom is -0.369 e. The van der Waals surface area contributed by atoms with E-state index in [9.17, 15) is 0 Å². The van der Waals surface area contributed by atoms with Crippen molar-refractivity contribution in [2.75, 3.05) is 11.4 Å². The summed E-state index contributed by atoms with van der Waals surface area (Å²) in [4.78, 5) is 2.52. The van der Waals surface area contributed by atoms with E-state index in [1.807, 2.05) is 6.92 Å². The largest absolute Gasteiger partial charge is 0.369 e. The highest BCUT2D eigenvalue weighted by atomic mass is 79.9. The van der Waals surface area contributed by atoms with E-state index in [2.05, 4.69) is 46.0 Å². The van der Waals surface area contributed by atoms with Crippen molar-refractivity contribution < 1.29 is 0 Å². The molecule has 1 fully saturated rings. The molecule has 2 rings (SSSR count). The van der Waals surface area contributed by atoms with Crippen LogP contribution in [0.4, 0.5) is 5.69 Å². The van der Waals surface area contributed by atoms with Crippen molar-refractivity contribution in [3.63, 3.8) is 0 Å². The molecule has 94 valence electrons. The van der Waals surface area contributed by atoms with Crippen LogP contribution < -0.4 is 10.6 Å². The highest BCUT2D eigenvalue weighted by molar-refractivity contribution is 9.10. The molecule has 2 N–H and O–H groups in total. The first kappa shape index (κ1) is 12.9. The molecular weight excluding hydrogens is 276 g/mol. The SMILES string of the molecule is CCC1CCCN1c1ccc([C@H](C)N)c(Br)c1. The van der Waals surface area contributed by atoms with Gasteiger partial charge in [0.05, 0.1) is 0 Å². The lowest BCUT2D eigenvalue weighted by molar-refractivity contribution is 0.645. The van der Waals surface area contributed by atoms with Crippen LogP contribution >= 0.6 is 15.9 Å². The first-order valence-corrected chi connectivity index (χ1v) is 7.24. The summed E-state index contributed by atoms with van der Waals surface area (Å²) in [6.07, 6.45) is 3.86. The van der Waals surface area contributed by atoms with Crippen LogP contribution in [0.1, 0.15) is 44.7 Å². The van der Waals surface area contributed by atoms with Gasteiger partial charge in [-0.3, -0.25) is 0 Å². The Morgan fingerprint density at radius 3 is 2.88 bits per heavy atom. The molecule has 0 saturated carbocycles. The molecule has 1 aromatic rings. The summed E-state index contributed by atoms with van der Waals surface area (Å²) in [5, 5.41) is 0. The normalized spacial score (nSPS) is 21.9. The molecule has 3 heteroatoms. The maximum absolute atomic E-state index is 5.93. The Hall–Kier alpha value is -0.540. The van der Waals surface area contributed by atoms with E-state index < -0.39 is 0 Å². The van der Waals surface area contributed by atoms with Crippen LogP contribution in [0.2, 0.25) is 0 Å². The van der Waals surface area contributed by atoms with E-state index in [0.717, 1.165) is 4.47 Å². The molecule has 1 heterocycles. The Balaban J connectivity index is 2.25. The second-order valence-electron chi connectivity index (χ2n) is 4.89. The number of rotatable bonds is 3. The van der Waals surface area contributed by atoms with Crippen molar-refractivity contribution in [3.8, 4) is 0 Å². The van der Waals surface area contributed by atoms with Gasteiger partial charge in [0.25, 0.3) is 0 Å². The van der Waals surface area contributed by atoms with Gasteiger partial charge in [0.2, 0.25) is 0 Å². The molecule has 0 amide bonds. The van der Waals surface area contributed by atoms with E-state index in [-0.39, 0.29) is 6.04 Å². The lowest BCUT2D eigenvalue weighted by atomic mass is 10.1. The highest BCUT2D eigenvalue weighted by Crippen LogP contribution is 2.32. The van der Waals surface area contributed by atoms with Crippen molar-refractivity contribution in [1.82, 2.24) is 0 Å². The van der Waals surface area contributed by atoms with Gasteiger partial charge >= 0.3 is 0 Å². The van der Waals surface area contributed by atoms with Gasteiger partial charge in [-0.2, -0.15) is 0 Å². The molecule has 1 aromatic carbocycles. The molecule has 1 unspecified atom stereocenters. The topological polar surface area (TPSA) is 29.3 Å². The molecule has 1 aliphatic heterocycles. The average Bonchev–Trinajstić information content (AvgIpc) is 2.76. The smallest absolute Gasteiger partial charge is 0.0380 e. The quantitative estimate of drug-likeness (QED) is 0.918. The third-order valence-electron chi connectivity index (χ3n) is 3.65. The van der Waals surface area contributed by atoms with Crippen LogP contribution in [-0.2, 0) is 0 Å². The van der Waals surface area contributed by atoms with Crippen LogP contribution in [-0.4, -0.2) is 12.6 Å². The van der Waals surface area contributed by atoms with Gasteiger partial charge in [-0.05, 0) is 43.9 Å². The molecule has 0 radical (unpaired) electrons. The Labute approximate surface area is 112 Å². The summed E-state index contributed by atoms with van der Waals surface area (Å²) in [5.41, 5.74) is 8.43. The van der Waals surface area contributed by atoms with Crippen LogP contribution in [0.15, 0.2) is 22.7 Å². The number of nitrogens with two attached hydrogens (primary N) is 1. The Morgan fingerprint density at radius 2 is 2.29 bits per heavy atom. The summed E-state index contributed by atoms with van der Waals surface area (Å²) >= 11 is 3.63. The Morgan fingerprint density at radius 1 is 1.53 bits per heavy atom. The summed E-state index contributed by atoms with van der Waals surface area (Å²) < 4.78 is 1.13. The summed E-state index contributed by atoms with van der Waals surface area (Å²) in [5.74, 6) is 0. The predicted molar refractivity (Wildman–Crippen MR) is 77.4 cm³/mol. The van der Waals surface area contributed by atoms with Crippen molar-refractivity contribution in [2.24, 2.45) is 5.73 Å². The monoisotopic (exact) mass is 296 g/mol. The number of anilines is 1. The zero-order chi connectivity index (χ0) is 12.4. The third-order valence-corrected chi connectivity index (χ3v) is 4.34. The van der Waals surface area contributed by atoms with Gasteiger partial charge in [-0.1, -0.05) is 28.9 Å². The van der Waals surface area contributed by atoms with E-state index in [1.165, 1.54) is 37.1 Å². The fraction of sp³-hybridized carbons (Fsp3) is 0.571. The van der Waals surface area contributed by atoms with Crippen LogP contribution in [0.5, 0.6) is 0 Å². The van der Waals surface area contributed by atoms with Crippen molar-refractivity contribution in [1.29, 1.82) is 0 Å². The average molecular weight is 297 g/mol. The first-order valence-electron chi connectivity index (χ1n) is 6.45. The minimum atomic E-state index is 0.0824. The molecule has 2 atom stereocenters. The fourth-order valence-corrected chi connectivity index (χ4v) is 3.39. The molecule has 2 nitrogen and oxygen atoms in total. The van der Waals surface area contributed by atoms with Gasteiger partial charge in [0, 0.05) is 28.8 Å². The van der Waals surface area contributed by atoms with Gasteiger partial charge < -0.3 is 10.6 Å². The number of benzene rings is 1. The maximum atomic E-state index is 5.93. The van der Waals surface area contributed by atoms with E-state index >= 15 is 0 Å². The van der Waals surface area contributed by atoms with Gasteiger partial charge in [0.15, 0.2) is 0 Å². The second-order valence-corrected chi connectivity index (χ2v) is 5.75. The summed E-state index contributed by atoms with van der Waals surface area (Å²) in [7, 11) is 0. The molecule has 0 bridgehead atoms. The second kappa shape index (κ2) is 5.40. The molecule has 17 heavy (non-hydrogen) atoms. The first-order chi connectivity index (χ1) is 8.13. The Kier molecular flexibility index (Phi) is 4.10. The summed E-state index contributed by atoms with van der Waals surface area (Å²) in [6, 6.07) is 7.36. The highest BCUT2D eigenvalue weighted by Gasteiger charge is 2.23. The fourth-order valence-electron chi connectivity index (χ4n) is 2.66. The lowest BCUT2D eigenvalue weighted by Crippen LogP contribution is -2.28. The van der Waals surface area contributed by atoms with E-state index in [1.54, 1.807) is 0 Å². The maximum Gasteiger partial charge on any atom is 0.0380 e. The Bertz CT molecular complexity index is 390. The molecule has 0 aromatic heterocycles. The zero-order valence-corrected chi connectivity index (χ0v) is 12.2. The molecular formula is C14H21BrN2. The molecule has 0 aliphatic carbocycles. The van der Waals surface area contributed by atoms with Gasteiger partial charge in [-0.25, -0.2) is 0 Å². The van der Waals surface area contributed by atoms with Crippen molar-refractivity contribution >= 4 is 21.6 Å². The van der Waals surface area contributed by atoms with Crippen LogP contribution in [0.25, 0.3) is 0 Å². The number of halogens is 1. The van der Waals surface area contributed by atoms with Crippen LogP contribution in [0.3, 0.4) is 0 Å². The van der Waals surface area contributed by atoms with Crippen LogP contribution in [0, 0.1) is 0 Å². The van der Waals surface area contributed by atoms with Crippen molar-refractivity contribution in [2.45, 2.75) is 45.2 Å².